The second kappa shape index (κ2) is 6.68. The van der Waals surface area contributed by atoms with Gasteiger partial charge in [-0.25, -0.2) is 4.79 Å². The Hall–Kier alpha value is -1.74. The Labute approximate surface area is 94.6 Å². The number of anilines is 1. The molecular weight excluding hydrogens is 214 g/mol. The van der Waals surface area contributed by atoms with Gasteiger partial charge in [-0.2, -0.15) is 0 Å². The normalized spacial score (nSPS) is 9.33. The van der Waals surface area contributed by atoms with Crippen LogP contribution >= 0.6 is 12.4 Å². The van der Waals surface area contributed by atoms with E-state index in [9.17, 15) is 4.79 Å². The zero-order chi connectivity index (χ0) is 10.4. The molecule has 0 atom stereocenters. The molecule has 80 valence electrons. The van der Waals surface area contributed by atoms with Gasteiger partial charge in [0, 0.05) is 11.8 Å². The van der Waals surface area contributed by atoms with E-state index in [1.807, 2.05) is 12.1 Å². The van der Waals surface area contributed by atoms with Gasteiger partial charge in [-0.05, 0) is 23.8 Å². The van der Waals surface area contributed by atoms with Crippen LogP contribution in [0.25, 0.3) is 6.08 Å². The van der Waals surface area contributed by atoms with Crippen LogP contribution < -0.4 is 5.73 Å². The fourth-order valence-corrected chi connectivity index (χ4v) is 0.835. The molecule has 0 heterocycles. The van der Waals surface area contributed by atoms with Crippen molar-refractivity contribution in [2.45, 2.75) is 0 Å². The molecule has 1 aromatic carbocycles. The van der Waals surface area contributed by atoms with Crippen molar-refractivity contribution in [2.24, 2.45) is 0 Å². The molecule has 1 rings (SSSR count). The van der Waals surface area contributed by atoms with E-state index >= 15 is 0 Å². The largest absolute Gasteiger partial charge is 0.431 e. The fraction of sp³-hybridized carbons (Fsp3) is 0. The summed E-state index contributed by atoms with van der Waals surface area (Å²) >= 11 is 0. The van der Waals surface area contributed by atoms with Gasteiger partial charge in [0.05, 0.1) is 6.26 Å². The van der Waals surface area contributed by atoms with Crippen LogP contribution in [-0.4, -0.2) is 5.97 Å². The molecular formula is C11H12ClNO2. The number of nitrogens with two attached hydrogens (primary N) is 1. The van der Waals surface area contributed by atoms with Crippen LogP contribution in [0.15, 0.2) is 43.2 Å². The third-order valence-corrected chi connectivity index (χ3v) is 1.55. The maximum atomic E-state index is 10.6. The summed E-state index contributed by atoms with van der Waals surface area (Å²) in [6.07, 6.45) is 4.09. The van der Waals surface area contributed by atoms with Crippen molar-refractivity contribution in [3.63, 3.8) is 0 Å². The number of rotatable bonds is 3. The topological polar surface area (TPSA) is 52.3 Å². The second-order valence-corrected chi connectivity index (χ2v) is 2.61. The standard InChI is InChI=1S/C11H11NO2.ClH/c1-2-11(13)14-8-7-9-3-5-10(12)6-4-9;/h2-8H,1,12H2;1H. The Morgan fingerprint density at radius 1 is 1.33 bits per heavy atom. The number of hydrogen-bond acceptors (Lipinski definition) is 3. The molecule has 0 aliphatic heterocycles. The minimum absolute atomic E-state index is 0. The monoisotopic (exact) mass is 225 g/mol. The van der Waals surface area contributed by atoms with E-state index in [2.05, 4.69) is 11.3 Å². The van der Waals surface area contributed by atoms with Gasteiger partial charge < -0.3 is 10.5 Å². The molecule has 3 nitrogen and oxygen atoms in total. The average Bonchev–Trinajstić information content (AvgIpc) is 2.21. The van der Waals surface area contributed by atoms with Gasteiger partial charge in [-0.15, -0.1) is 12.4 Å². The first-order valence-corrected chi connectivity index (χ1v) is 4.07. The van der Waals surface area contributed by atoms with Crippen LogP contribution in [0.2, 0.25) is 0 Å². The van der Waals surface area contributed by atoms with E-state index in [-0.39, 0.29) is 12.4 Å². The number of hydrogen-bond donors (Lipinski definition) is 1. The molecule has 4 heteroatoms. The summed E-state index contributed by atoms with van der Waals surface area (Å²) in [5, 5.41) is 0. The fourth-order valence-electron chi connectivity index (χ4n) is 0.835. The number of benzene rings is 1. The number of halogens is 1. The van der Waals surface area contributed by atoms with Crippen LogP contribution in [0, 0.1) is 0 Å². The van der Waals surface area contributed by atoms with Crippen LogP contribution in [0.5, 0.6) is 0 Å². The molecule has 0 fully saturated rings. The Morgan fingerprint density at radius 3 is 2.47 bits per heavy atom. The molecule has 0 amide bonds. The molecule has 0 saturated heterocycles. The lowest BCUT2D eigenvalue weighted by Gasteiger charge is -1.95. The van der Waals surface area contributed by atoms with Gasteiger partial charge in [0.15, 0.2) is 0 Å². The number of carbonyl (C=O) groups excluding carboxylic acids is 1. The van der Waals surface area contributed by atoms with E-state index in [1.54, 1.807) is 18.2 Å². The van der Waals surface area contributed by atoms with Crippen molar-refractivity contribution < 1.29 is 9.53 Å². The molecule has 0 bridgehead atoms. The van der Waals surface area contributed by atoms with Crippen molar-refractivity contribution >= 4 is 30.1 Å². The van der Waals surface area contributed by atoms with Gasteiger partial charge in [0.25, 0.3) is 0 Å². The van der Waals surface area contributed by atoms with Crippen molar-refractivity contribution in [3.8, 4) is 0 Å². The van der Waals surface area contributed by atoms with E-state index in [0.29, 0.717) is 5.69 Å². The average molecular weight is 226 g/mol. The van der Waals surface area contributed by atoms with Crippen LogP contribution in [0.4, 0.5) is 5.69 Å². The molecule has 1 aromatic rings. The quantitative estimate of drug-likeness (QED) is 0.372. The third kappa shape index (κ3) is 4.88. The van der Waals surface area contributed by atoms with Crippen molar-refractivity contribution in [1.29, 1.82) is 0 Å². The second-order valence-electron chi connectivity index (χ2n) is 2.61. The molecule has 0 aromatic heterocycles. The smallest absolute Gasteiger partial charge is 0.334 e. The summed E-state index contributed by atoms with van der Waals surface area (Å²) in [4.78, 5) is 10.6. The lowest BCUT2D eigenvalue weighted by molar-refractivity contribution is -0.132. The minimum atomic E-state index is -0.475. The first kappa shape index (κ1) is 13.3. The molecule has 0 spiro atoms. The summed E-state index contributed by atoms with van der Waals surface area (Å²) in [6, 6.07) is 7.20. The molecule has 0 saturated carbocycles. The lowest BCUT2D eigenvalue weighted by atomic mass is 10.2. The highest BCUT2D eigenvalue weighted by molar-refractivity contribution is 5.85. The number of carbonyl (C=O) groups is 1. The zero-order valence-electron chi connectivity index (χ0n) is 8.05. The predicted molar refractivity (Wildman–Crippen MR) is 63.4 cm³/mol. The van der Waals surface area contributed by atoms with Gasteiger partial charge in [0.1, 0.15) is 0 Å². The van der Waals surface area contributed by atoms with E-state index < -0.39 is 5.97 Å². The summed E-state index contributed by atoms with van der Waals surface area (Å²) in [5.41, 5.74) is 7.11. The van der Waals surface area contributed by atoms with Crippen LogP contribution in [0.1, 0.15) is 5.56 Å². The van der Waals surface area contributed by atoms with Gasteiger partial charge in [-0.1, -0.05) is 18.7 Å². The predicted octanol–water partition coefficient (Wildman–Crippen LogP) is 2.39. The highest BCUT2D eigenvalue weighted by atomic mass is 35.5. The number of ether oxygens (including phenoxy) is 1. The Morgan fingerprint density at radius 2 is 1.93 bits per heavy atom. The van der Waals surface area contributed by atoms with Gasteiger partial charge >= 0.3 is 5.97 Å². The van der Waals surface area contributed by atoms with Crippen LogP contribution in [-0.2, 0) is 9.53 Å². The molecule has 15 heavy (non-hydrogen) atoms. The maximum Gasteiger partial charge on any atom is 0.334 e. The highest BCUT2D eigenvalue weighted by Gasteiger charge is 1.90. The molecule has 0 aliphatic rings. The molecule has 0 radical (unpaired) electrons. The van der Waals surface area contributed by atoms with Gasteiger partial charge in [-0.3, -0.25) is 0 Å². The minimum Gasteiger partial charge on any atom is -0.431 e. The van der Waals surface area contributed by atoms with E-state index in [0.717, 1.165) is 11.6 Å². The van der Waals surface area contributed by atoms with Crippen molar-refractivity contribution in [3.05, 3.63) is 48.7 Å². The SMILES string of the molecule is C=CC(=O)OC=Cc1ccc(N)cc1.Cl. The summed E-state index contributed by atoms with van der Waals surface area (Å²) in [6.45, 7) is 3.27. The number of esters is 1. The van der Waals surface area contributed by atoms with E-state index in [1.165, 1.54) is 6.26 Å². The molecule has 0 aliphatic carbocycles. The summed E-state index contributed by atoms with van der Waals surface area (Å²) in [7, 11) is 0. The number of nitrogen functional groups attached to an aromatic ring is 1. The molecule has 2 N–H and O–H groups in total. The first-order valence-electron chi connectivity index (χ1n) is 4.07. The summed E-state index contributed by atoms with van der Waals surface area (Å²) in [5.74, 6) is -0.475. The third-order valence-electron chi connectivity index (χ3n) is 1.55. The Bertz CT molecular complexity index is 357. The highest BCUT2D eigenvalue weighted by Crippen LogP contribution is 2.06. The Balaban J connectivity index is 0.00000196. The maximum absolute atomic E-state index is 10.6. The lowest BCUT2D eigenvalue weighted by Crippen LogP contribution is -1.91. The first-order chi connectivity index (χ1) is 6.72. The van der Waals surface area contributed by atoms with E-state index in [4.69, 9.17) is 5.73 Å². The Kier molecular flexibility index (Phi) is 5.90. The van der Waals surface area contributed by atoms with Gasteiger partial charge in [0.2, 0.25) is 0 Å². The molecule has 0 unspecified atom stereocenters. The zero-order valence-corrected chi connectivity index (χ0v) is 8.87. The van der Waals surface area contributed by atoms with Crippen LogP contribution in [0.3, 0.4) is 0 Å². The van der Waals surface area contributed by atoms with Crippen molar-refractivity contribution in [1.82, 2.24) is 0 Å². The summed E-state index contributed by atoms with van der Waals surface area (Å²) < 4.78 is 4.66. The van der Waals surface area contributed by atoms with Crippen molar-refractivity contribution in [2.75, 3.05) is 5.73 Å².